The van der Waals surface area contributed by atoms with Crippen molar-refractivity contribution in [2.75, 3.05) is 0 Å². The van der Waals surface area contributed by atoms with E-state index in [1.807, 2.05) is 0 Å². The Labute approximate surface area is 288 Å². The molecule has 6 aromatic carbocycles. The number of allylic oxidation sites excluding steroid dienone is 8. The molecule has 0 radical (unpaired) electrons. The molecule has 0 bridgehead atoms. The van der Waals surface area contributed by atoms with Crippen molar-refractivity contribution in [1.82, 2.24) is 4.98 Å². The third kappa shape index (κ3) is 5.23. The molecule has 1 nitrogen and oxygen atoms in total. The summed E-state index contributed by atoms with van der Waals surface area (Å²) in [5, 5.41) is 7.68. The van der Waals surface area contributed by atoms with Crippen LogP contribution < -0.4 is 0 Å². The van der Waals surface area contributed by atoms with Gasteiger partial charge in [0, 0.05) is 5.56 Å². The molecule has 0 amide bonds. The summed E-state index contributed by atoms with van der Waals surface area (Å²) in [4.78, 5) is 5.14. The van der Waals surface area contributed by atoms with Gasteiger partial charge >= 0.3 is 0 Å². The lowest BCUT2D eigenvalue weighted by atomic mass is 9.83. The fourth-order valence-electron chi connectivity index (χ4n) is 7.93. The van der Waals surface area contributed by atoms with E-state index in [4.69, 9.17) is 4.98 Å². The molecule has 0 N–H and O–H groups in total. The predicted molar refractivity (Wildman–Crippen MR) is 210 cm³/mol. The van der Waals surface area contributed by atoms with Gasteiger partial charge in [-0.25, -0.2) is 4.98 Å². The highest BCUT2D eigenvalue weighted by atomic mass is 14.7. The van der Waals surface area contributed by atoms with Crippen LogP contribution in [-0.2, 0) is 0 Å². The fourth-order valence-corrected chi connectivity index (χ4v) is 7.93. The molecular weight excluding hydrogens is 591 g/mol. The van der Waals surface area contributed by atoms with Crippen molar-refractivity contribution < 1.29 is 0 Å². The molecule has 9 rings (SSSR count). The summed E-state index contributed by atoms with van der Waals surface area (Å²) in [6, 6.07) is 47.0. The third-order valence-corrected chi connectivity index (χ3v) is 10.4. The van der Waals surface area contributed by atoms with Crippen LogP contribution in [0, 0.1) is 0 Å². The molecule has 1 aromatic heterocycles. The van der Waals surface area contributed by atoms with Crippen LogP contribution in [0.3, 0.4) is 0 Å². The Morgan fingerprint density at radius 3 is 1.76 bits per heavy atom. The average Bonchev–Trinajstić information content (AvgIpc) is 3.17. The Bertz CT molecular complexity index is 2500. The van der Waals surface area contributed by atoms with E-state index in [-0.39, 0.29) is 0 Å². The minimum Gasteiger partial charge on any atom is -0.248 e. The van der Waals surface area contributed by atoms with Gasteiger partial charge in [-0.3, -0.25) is 0 Å². The molecule has 2 aliphatic rings. The SMILES string of the molecule is CC1=CC=C(c2cccc3c(-c4c5ccccc5c(-c5cccc(-c6cccc(C7=CC=CCC7)n6)c5)c5ccccc45)cccc23)CC1. The molecule has 0 atom stereocenters. The lowest BCUT2D eigenvalue weighted by molar-refractivity contribution is 0.978. The minimum absolute atomic E-state index is 1.00. The van der Waals surface area contributed by atoms with Crippen LogP contribution in [0.2, 0.25) is 0 Å². The van der Waals surface area contributed by atoms with E-state index < -0.39 is 0 Å². The number of benzene rings is 6. The van der Waals surface area contributed by atoms with Crippen LogP contribution in [0.4, 0.5) is 0 Å². The van der Waals surface area contributed by atoms with Crippen LogP contribution in [0.25, 0.3) is 77.0 Å². The highest BCUT2D eigenvalue weighted by molar-refractivity contribution is 6.24. The molecule has 7 aromatic rings. The van der Waals surface area contributed by atoms with Crippen molar-refractivity contribution in [1.29, 1.82) is 0 Å². The summed E-state index contributed by atoms with van der Waals surface area (Å²) in [6.07, 6.45) is 15.5. The average molecular weight is 628 g/mol. The molecule has 234 valence electrons. The highest BCUT2D eigenvalue weighted by Crippen LogP contribution is 2.46. The summed E-state index contributed by atoms with van der Waals surface area (Å²) in [5.74, 6) is 0. The van der Waals surface area contributed by atoms with Gasteiger partial charge < -0.3 is 0 Å². The van der Waals surface area contributed by atoms with E-state index in [0.717, 1.165) is 42.6 Å². The Kier molecular flexibility index (Phi) is 7.39. The van der Waals surface area contributed by atoms with E-state index >= 15 is 0 Å². The number of pyridine rings is 1. The van der Waals surface area contributed by atoms with E-state index in [1.165, 1.54) is 76.9 Å². The topological polar surface area (TPSA) is 12.9 Å². The van der Waals surface area contributed by atoms with Crippen molar-refractivity contribution in [2.24, 2.45) is 0 Å². The second kappa shape index (κ2) is 12.3. The first-order chi connectivity index (χ1) is 24.2. The van der Waals surface area contributed by atoms with Gasteiger partial charge in [0.15, 0.2) is 0 Å². The molecule has 1 heterocycles. The Hall–Kier alpha value is -5.79. The van der Waals surface area contributed by atoms with Crippen molar-refractivity contribution in [2.45, 2.75) is 32.6 Å². The van der Waals surface area contributed by atoms with Crippen LogP contribution in [0.1, 0.15) is 43.9 Å². The second-order valence-electron chi connectivity index (χ2n) is 13.4. The first kappa shape index (κ1) is 29.4. The van der Waals surface area contributed by atoms with Crippen LogP contribution in [0.5, 0.6) is 0 Å². The summed E-state index contributed by atoms with van der Waals surface area (Å²) in [7, 11) is 0. The minimum atomic E-state index is 1.00. The smallest absolute Gasteiger partial charge is 0.0709 e. The molecule has 49 heavy (non-hydrogen) atoms. The Balaban J connectivity index is 1.25. The van der Waals surface area contributed by atoms with Gasteiger partial charge in [0.25, 0.3) is 0 Å². The van der Waals surface area contributed by atoms with Gasteiger partial charge in [-0.2, -0.15) is 0 Å². The molecule has 0 saturated carbocycles. The molecule has 0 unspecified atom stereocenters. The standard InChI is InChI=1S/C48H37N/c1-32-27-29-33(30-28-32)37-21-10-23-39-38(37)22-11-24-40(39)48-43-19-7-5-17-41(43)47(42-18-6-8-20-44(42)48)36-16-9-15-35(31-36)46-26-12-25-45(49-46)34-13-3-2-4-14-34/h2-3,5-13,15-27,29,31H,4,14,28,30H2,1H3. The van der Waals surface area contributed by atoms with Gasteiger partial charge in [0.05, 0.1) is 11.4 Å². The zero-order chi connectivity index (χ0) is 32.7. The molecule has 2 aliphatic carbocycles. The summed E-state index contributed by atoms with van der Waals surface area (Å²) in [6.45, 7) is 2.23. The van der Waals surface area contributed by atoms with E-state index in [9.17, 15) is 0 Å². The molecule has 1 heteroatoms. The maximum Gasteiger partial charge on any atom is 0.0709 e. The van der Waals surface area contributed by atoms with Crippen molar-refractivity contribution in [3.8, 4) is 33.5 Å². The first-order valence-electron chi connectivity index (χ1n) is 17.5. The molecule has 0 fully saturated rings. The fraction of sp³-hybridized carbons (Fsp3) is 0.104. The number of aromatic nitrogens is 1. The molecule has 0 saturated heterocycles. The van der Waals surface area contributed by atoms with Gasteiger partial charge in [-0.1, -0.05) is 145 Å². The largest absolute Gasteiger partial charge is 0.248 e. The maximum absolute atomic E-state index is 5.14. The van der Waals surface area contributed by atoms with E-state index in [1.54, 1.807) is 0 Å². The Morgan fingerprint density at radius 1 is 0.449 bits per heavy atom. The highest BCUT2D eigenvalue weighted by Gasteiger charge is 2.19. The summed E-state index contributed by atoms with van der Waals surface area (Å²) in [5.41, 5.74) is 13.8. The Morgan fingerprint density at radius 2 is 1.06 bits per heavy atom. The third-order valence-electron chi connectivity index (χ3n) is 10.4. The van der Waals surface area contributed by atoms with E-state index in [0.29, 0.717) is 0 Å². The number of hydrogen-bond acceptors (Lipinski definition) is 1. The second-order valence-corrected chi connectivity index (χ2v) is 13.4. The number of rotatable bonds is 5. The first-order valence-corrected chi connectivity index (χ1v) is 17.5. The van der Waals surface area contributed by atoms with Gasteiger partial charge in [0.2, 0.25) is 0 Å². The summed E-state index contributed by atoms with van der Waals surface area (Å²) >= 11 is 0. The lowest BCUT2D eigenvalue weighted by Gasteiger charge is -2.20. The number of fused-ring (bicyclic) bond motifs is 3. The number of hydrogen-bond donors (Lipinski definition) is 0. The van der Waals surface area contributed by atoms with Crippen molar-refractivity contribution in [3.05, 3.63) is 175 Å². The van der Waals surface area contributed by atoms with Gasteiger partial charge in [-0.15, -0.1) is 0 Å². The van der Waals surface area contributed by atoms with Crippen molar-refractivity contribution in [3.63, 3.8) is 0 Å². The van der Waals surface area contributed by atoms with Crippen LogP contribution in [0.15, 0.2) is 163 Å². The molecular formula is C48H37N. The van der Waals surface area contributed by atoms with Gasteiger partial charge in [0.1, 0.15) is 0 Å². The van der Waals surface area contributed by atoms with Gasteiger partial charge in [-0.05, 0) is 122 Å². The lowest BCUT2D eigenvalue weighted by Crippen LogP contribution is -1.95. The van der Waals surface area contributed by atoms with Crippen LogP contribution in [-0.4, -0.2) is 4.98 Å². The van der Waals surface area contributed by atoms with Crippen LogP contribution >= 0.6 is 0 Å². The molecule has 0 aliphatic heterocycles. The monoisotopic (exact) mass is 627 g/mol. The zero-order valence-corrected chi connectivity index (χ0v) is 27.8. The number of nitrogens with zero attached hydrogens (tertiary/aromatic N) is 1. The zero-order valence-electron chi connectivity index (χ0n) is 27.8. The predicted octanol–water partition coefficient (Wildman–Crippen LogP) is 13.4. The normalized spacial score (nSPS) is 14.6. The quantitative estimate of drug-likeness (QED) is 0.173. The molecule has 0 spiro atoms. The summed E-state index contributed by atoms with van der Waals surface area (Å²) < 4.78 is 0. The maximum atomic E-state index is 5.14. The van der Waals surface area contributed by atoms with Crippen molar-refractivity contribution >= 4 is 43.5 Å². The van der Waals surface area contributed by atoms with E-state index in [2.05, 4.69) is 165 Å².